The molecule has 0 saturated carbocycles. The molecule has 0 aliphatic carbocycles. The topological polar surface area (TPSA) is 28.7 Å². The average molecular weight is 301 g/mol. The molecule has 16 heavy (non-hydrogen) atoms. The summed E-state index contributed by atoms with van der Waals surface area (Å²) in [6, 6.07) is 3.22. The number of H-pyrrole nitrogens is 1. The fraction of sp³-hybridized carbons (Fsp3) is 0.364. The minimum atomic E-state index is -0.248. The van der Waals surface area contributed by atoms with Gasteiger partial charge in [0.25, 0.3) is 0 Å². The van der Waals surface area contributed by atoms with Gasteiger partial charge in [-0.1, -0.05) is 0 Å². The largest absolute Gasteiger partial charge is 0.341 e. The van der Waals surface area contributed by atoms with Crippen LogP contribution in [0.1, 0.15) is 23.9 Å². The van der Waals surface area contributed by atoms with E-state index in [0.717, 1.165) is 23.3 Å². The van der Waals surface area contributed by atoms with E-state index in [0.29, 0.717) is 9.72 Å². The zero-order valence-corrected chi connectivity index (χ0v) is 10.9. The maximum atomic E-state index is 13.3. The lowest BCUT2D eigenvalue weighted by Gasteiger charge is -2.01. The summed E-state index contributed by atoms with van der Waals surface area (Å²) in [7, 11) is 0. The van der Waals surface area contributed by atoms with Gasteiger partial charge in [0.1, 0.15) is 11.6 Å². The second-order valence-corrected chi connectivity index (χ2v) is 6.07. The van der Waals surface area contributed by atoms with Gasteiger partial charge in [0.05, 0.1) is 20.8 Å². The number of hydrogen-bond acceptors (Lipinski definition) is 2. The Morgan fingerprint density at radius 1 is 1.50 bits per heavy atom. The first-order valence-electron chi connectivity index (χ1n) is 5.20. The first kappa shape index (κ1) is 10.6. The van der Waals surface area contributed by atoms with E-state index in [9.17, 15) is 4.39 Å². The van der Waals surface area contributed by atoms with Crippen molar-refractivity contribution in [2.45, 2.75) is 18.1 Å². The first-order chi connectivity index (χ1) is 7.74. The smallest absolute Gasteiger partial charge is 0.139 e. The number of nitrogens with zero attached hydrogens (tertiary/aromatic N) is 1. The predicted molar refractivity (Wildman–Crippen MR) is 68.2 cm³/mol. The molecule has 1 unspecified atom stereocenters. The van der Waals surface area contributed by atoms with Gasteiger partial charge in [0.2, 0.25) is 0 Å². The summed E-state index contributed by atoms with van der Waals surface area (Å²) in [6.07, 6.45) is 2.40. The highest BCUT2D eigenvalue weighted by Gasteiger charge is 2.21. The molecule has 1 saturated heterocycles. The summed E-state index contributed by atoms with van der Waals surface area (Å²) in [5.41, 5.74) is 1.61. The molecule has 1 fully saturated rings. The molecule has 0 bridgehead atoms. The average Bonchev–Trinajstić information content (AvgIpc) is 2.86. The van der Waals surface area contributed by atoms with E-state index in [1.54, 1.807) is 6.07 Å². The van der Waals surface area contributed by atoms with E-state index in [2.05, 4.69) is 25.9 Å². The number of rotatable bonds is 1. The van der Waals surface area contributed by atoms with E-state index in [-0.39, 0.29) is 5.82 Å². The third-order valence-corrected chi connectivity index (χ3v) is 4.77. The fourth-order valence-corrected chi connectivity index (χ4v) is 3.52. The molecule has 2 nitrogen and oxygen atoms in total. The number of halogens is 2. The Balaban J connectivity index is 2.08. The van der Waals surface area contributed by atoms with Crippen molar-refractivity contribution < 1.29 is 4.39 Å². The van der Waals surface area contributed by atoms with Crippen LogP contribution in [0.5, 0.6) is 0 Å². The molecule has 0 spiro atoms. The molecule has 84 valence electrons. The van der Waals surface area contributed by atoms with Crippen LogP contribution in [0.3, 0.4) is 0 Å². The fourth-order valence-electron chi connectivity index (χ4n) is 1.97. The Labute approximate surface area is 105 Å². The van der Waals surface area contributed by atoms with Crippen molar-refractivity contribution in [2.75, 3.05) is 5.75 Å². The van der Waals surface area contributed by atoms with Gasteiger partial charge in [-0.25, -0.2) is 9.37 Å². The monoisotopic (exact) mass is 300 g/mol. The molecule has 1 N–H and O–H groups in total. The molecule has 5 heteroatoms. The maximum absolute atomic E-state index is 13.3. The number of hydrogen-bond donors (Lipinski definition) is 1. The molecule has 1 atom stereocenters. The lowest BCUT2D eigenvalue weighted by molar-refractivity contribution is 0.623. The Bertz CT molecular complexity index is 495. The minimum absolute atomic E-state index is 0.248. The van der Waals surface area contributed by atoms with Crippen LogP contribution in [-0.2, 0) is 0 Å². The number of aromatic amines is 1. The van der Waals surface area contributed by atoms with Gasteiger partial charge in [-0.15, -0.1) is 0 Å². The van der Waals surface area contributed by atoms with Crippen molar-refractivity contribution in [3.05, 3.63) is 28.2 Å². The van der Waals surface area contributed by atoms with E-state index < -0.39 is 0 Å². The molecule has 1 aliphatic heterocycles. The number of benzene rings is 1. The van der Waals surface area contributed by atoms with Crippen LogP contribution in [0.25, 0.3) is 11.0 Å². The lowest BCUT2D eigenvalue weighted by atomic mass is 10.2. The Hall–Kier alpha value is -0.550. The van der Waals surface area contributed by atoms with Gasteiger partial charge < -0.3 is 4.98 Å². The zero-order chi connectivity index (χ0) is 11.1. The first-order valence-corrected chi connectivity index (χ1v) is 7.04. The molecule has 0 amide bonds. The quantitative estimate of drug-likeness (QED) is 0.861. The number of nitrogens with one attached hydrogen (secondary N) is 1. The van der Waals surface area contributed by atoms with Crippen LogP contribution >= 0.6 is 27.7 Å². The zero-order valence-electron chi connectivity index (χ0n) is 8.46. The van der Waals surface area contributed by atoms with Crippen molar-refractivity contribution in [2.24, 2.45) is 0 Å². The van der Waals surface area contributed by atoms with Crippen LogP contribution in [0, 0.1) is 5.82 Å². The highest BCUT2D eigenvalue weighted by molar-refractivity contribution is 9.10. The Morgan fingerprint density at radius 2 is 2.38 bits per heavy atom. The van der Waals surface area contributed by atoms with Crippen molar-refractivity contribution in [3.63, 3.8) is 0 Å². The normalized spacial score (nSPS) is 20.8. The van der Waals surface area contributed by atoms with Gasteiger partial charge in [-0.05, 0) is 40.6 Å². The summed E-state index contributed by atoms with van der Waals surface area (Å²) >= 11 is 5.09. The molecular weight excluding hydrogens is 291 g/mol. The molecule has 2 aromatic rings. The molecule has 1 aromatic carbocycles. The SMILES string of the molecule is Fc1cc2[nH]c(C3CCCS3)nc2cc1Br. The summed E-state index contributed by atoms with van der Waals surface area (Å²) in [6.45, 7) is 0. The standard InChI is InChI=1S/C11H10BrFN2S/c12-6-4-8-9(5-7(6)13)15-11(14-8)10-2-1-3-16-10/h4-5,10H,1-3H2,(H,14,15). The van der Waals surface area contributed by atoms with Gasteiger partial charge in [-0.2, -0.15) is 11.8 Å². The van der Waals surface area contributed by atoms with Crippen LogP contribution in [-0.4, -0.2) is 15.7 Å². The summed E-state index contributed by atoms with van der Waals surface area (Å²) in [5.74, 6) is 1.93. The highest BCUT2D eigenvalue weighted by Crippen LogP contribution is 2.39. The second kappa shape index (κ2) is 4.04. The molecule has 2 heterocycles. The third kappa shape index (κ3) is 1.76. The Morgan fingerprint density at radius 3 is 3.12 bits per heavy atom. The van der Waals surface area contributed by atoms with Gasteiger partial charge in [0, 0.05) is 6.07 Å². The lowest BCUT2D eigenvalue weighted by Crippen LogP contribution is -1.90. The van der Waals surface area contributed by atoms with E-state index in [4.69, 9.17) is 0 Å². The molecular formula is C11H10BrFN2S. The highest BCUT2D eigenvalue weighted by atomic mass is 79.9. The van der Waals surface area contributed by atoms with E-state index >= 15 is 0 Å². The number of aromatic nitrogens is 2. The predicted octanol–water partition coefficient (Wildman–Crippen LogP) is 4.03. The van der Waals surface area contributed by atoms with Crippen LogP contribution in [0.2, 0.25) is 0 Å². The van der Waals surface area contributed by atoms with Crippen LogP contribution < -0.4 is 0 Å². The third-order valence-electron chi connectivity index (χ3n) is 2.78. The van der Waals surface area contributed by atoms with E-state index in [1.807, 2.05) is 11.8 Å². The van der Waals surface area contributed by atoms with Gasteiger partial charge in [-0.3, -0.25) is 0 Å². The van der Waals surface area contributed by atoms with Crippen molar-refractivity contribution in [1.82, 2.24) is 9.97 Å². The minimum Gasteiger partial charge on any atom is -0.341 e. The number of imidazole rings is 1. The summed E-state index contributed by atoms with van der Waals surface area (Å²) < 4.78 is 13.8. The number of fused-ring (bicyclic) bond motifs is 1. The molecule has 1 aliphatic rings. The molecule has 3 rings (SSSR count). The van der Waals surface area contributed by atoms with Crippen LogP contribution in [0.4, 0.5) is 4.39 Å². The van der Waals surface area contributed by atoms with Gasteiger partial charge >= 0.3 is 0 Å². The summed E-state index contributed by atoms with van der Waals surface area (Å²) in [4.78, 5) is 7.74. The number of thioether (sulfide) groups is 1. The second-order valence-electron chi connectivity index (χ2n) is 3.91. The van der Waals surface area contributed by atoms with Crippen molar-refractivity contribution in [1.29, 1.82) is 0 Å². The summed E-state index contributed by atoms with van der Waals surface area (Å²) in [5, 5.41) is 0.453. The molecule has 1 aromatic heterocycles. The van der Waals surface area contributed by atoms with Crippen molar-refractivity contribution in [3.8, 4) is 0 Å². The van der Waals surface area contributed by atoms with Crippen LogP contribution in [0.15, 0.2) is 16.6 Å². The van der Waals surface area contributed by atoms with E-state index in [1.165, 1.54) is 18.2 Å². The Kier molecular flexibility index (Phi) is 2.67. The molecule has 0 radical (unpaired) electrons. The van der Waals surface area contributed by atoms with Crippen molar-refractivity contribution >= 4 is 38.7 Å². The maximum Gasteiger partial charge on any atom is 0.139 e. The van der Waals surface area contributed by atoms with Gasteiger partial charge in [0.15, 0.2) is 0 Å².